The molecule has 3 nitrogen and oxygen atoms in total. The molecule has 13 heavy (non-hydrogen) atoms. The third-order valence-electron chi connectivity index (χ3n) is 1.90. The topological polar surface area (TPSA) is 44.5 Å². The van der Waals surface area contributed by atoms with Crippen molar-refractivity contribution < 1.29 is 9.47 Å². The van der Waals surface area contributed by atoms with Gasteiger partial charge in [0.05, 0.1) is 19.2 Å². The van der Waals surface area contributed by atoms with Gasteiger partial charge in [0.1, 0.15) is 0 Å². The van der Waals surface area contributed by atoms with Gasteiger partial charge < -0.3 is 15.2 Å². The molecule has 0 fully saturated rings. The van der Waals surface area contributed by atoms with Crippen molar-refractivity contribution >= 4 is 17.3 Å². The lowest BCUT2D eigenvalue weighted by molar-refractivity contribution is 0.355. The number of ether oxygens (including phenoxy) is 2. The van der Waals surface area contributed by atoms with Crippen LogP contribution >= 0.6 is 11.6 Å². The molecule has 0 spiro atoms. The van der Waals surface area contributed by atoms with Gasteiger partial charge in [0.25, 0.3) is 0 Å². The molecule has 0 aliphatic rings. The molecule has 0 atom stereocenters. The maximum Gasteiger partial charge on any atom is 0.179 e. The van der Waals surface area contributed by atoms with Gasteiger partial charge in [-0.15, -0.1) is 0 Å². The van der Waals surface area contributed by atoms with Crippen LogP contribution in [0.3, 0.4) is 0 Å². The third kappa shape index (κ3) is 1.65. The Hall–Kier alpha value is -1.09. The van der Waals surface area contributed by atoms with Crippen LogP contribution in [0.15, 0.2) is 6.07 Å². The summed E-state index contributed by atoms with van der Waals surface area (Å²) in [7, 11) is 3.09. The summed E-state index contributed by atoms with van der Waals surface area (Å²) in [5, 5.41) is 0.499. The van der Waals surface area contributed by atoms with Crippen LogP contribution < -0.4 is 15.2 Å². The molecule has 2 N–H and O–H groups in total. The van der Waals surface area contributed by atoms with E-state index in [2.05, 4.69) is 0 Å². The van der Waals surface area contributed by atoms with E-state index in [1.165, 1.54) is 0 Å². The van der Waals surface area contributed by atoms with Gasteiger partial charge in [-0.1, -0.05) is 11.6 Å². The van der Waals surface area contributed by atoms with Gasteiger partial charge in [0, 0.05) is 11.8 Å². The molecule has 0 amide bonds. The molecule has 1 rings (SSSR count). The second kappa shape index (κ2) is 3.75. The SMILES string of the molecule is COc1cc(N)c(C)c(Cl)c1OC. The number of methoxy groups -OCH3 is 2. The van der Waals surface area contributed by atoms with Crippen molar-refractivity contribution in [3.63, 3.8) is 0 Å². The monoisotopic (exact) mass is 201 g/mol. The molecule has 1 aromatic rings. The Morgan fingerprint density at radius 1 is 1.31 bits per heavy atom. The summed E-state index contributed by atoms with van der Waals surface area (Å²) < 4.78 is 10.2. The average Bonchev–Trinajstić information content (AvgIpc) is 2.13. The summed E-state index contributed by atoms with van der Waals surface area (Å²) in [6.07, 6.45) is 0. The Bertz CT molecular complexity index is 326. The predicted octanol–water partition coefficient (Wildman–Crippen LogP) is 2.25. The van der Waals surface area contributed by atoms with Crippen molar-refractivity contribution in [3.05, 3.63) is 16.7 Å². The molecule has 0 aliphatic heterocycles. The quantitative estimate of drug-likeness (QED) is 0.747. The largest absolute Gasteiger partial charge is 0.493 e. The fourth-order valence-corrected chi connectivity index (χ4v) is 1.34. The van der Waals surface area contributed by atoms with Gasteiger partial charge in [-0.2, -0.15) is 0 Å². The van der Waals surface area contributed by atoms with E-state index in [1.54, 1.807) is 20.3 Å². The van der Waals surface area contributed by atoms with E-state index < -0.39 is 0 Å². The van der Waals surface area contributed by atoms with Gasteiger partial charge in [-0.25, -0.2) is 0 Å². The highest BCUT2D eigenvalue weighted by molar-refractivity contribution is 6.33. The molecular weight excluding hydrogens is 190 g/mol. The number of hydrogen-bond donors (Lipinski definition) is 1. The molecule has 0 aromatic heterocycles. The third-order valence-corrected chi connectivity index (χ3v) is 2.35. The molecule has 0 saturated heterocycles. The number of halogens is 1. The van der Waals surface area contributed by atoms with E-state index in [-0.39, 0.29) is 0 Å². The molecular formula is C9H12ClNO2. The number of nitrogen functional groups attached to an aromatic ring is 1. The van der Waals surface area contributed by atoms with Crippen LogP contribution in [0.5, 0.6) is 11.5 Å². The molecule has 72 valence electrons. The lowest BCUT2D eigenvalue weighted by Crippen LogP contribution is -1.97. The van der Waals surface area contributed by atoms with Crippen LogP contribution in [-0.2, 0) is 0 Å². The van der Waals surface area contributed by atoms with E-state index in [0.717, 1.165) is 5.56 Å². The Labute approximate surface area is 82.4 Å². The van der Waals surface area contributed by atoms with Gasteiger partial charge >= 0.3 is 0 Å². The highest BCUT2D eigenvalue weighted by Gasteiger charge is 2.13. The lowest BCUT2D eigenvalue weighted by Gasteiger charge is -2.12. The zero-order valence-corrected chi connectivity index (χ0v) is 8.61. The van der Waals surface area contributed by atoms with Gasteiger partial charge in [-0.05, 0) is 12.5 Å². The van der Waals surface area contributed by atoms with Crippen molar-refractivity contribution in [1.82, 2.24) is 0 Å². The second-order valence-corrected chi connectivity index (χ2v) is 3.02. The van der Waals surface area contributed by atoms with Gasteiger partial charge in [0.2, 0.25) is 0 Å². The molecule has 1 aromatic carbocycles. The maximum absolute atomic E-state index is 6.00. The smallest absolute Gasteiger partial charge is 0.179 e. The van der Waals surface area contributed by atoms with Crippen LogP contribution in [0.2, 0.25) is 5.02 Å². The molecule has 0 bridgehead atoms. The first-order valence-corrected chi connectivity index (χ1v) is 4.16. The summed E-state index contributed by atoms with van der Waals surface area (Å²) in [5.41, 5.74) is 7.11. The minimum atomic E-state index is 0.499. The van der Waals surface area contributed by atoms with Gasteiger partial charge in [0.15, 0.2) is 11.5 Å². The van der Waals surface area contributed by atoms with Crippen molar-refractivity contribution in [2.24, 2.45) is 0 Å². The fourth-order valence-electron chi connectivity index (χ4n) is 1.06. The maximum atomic E-state index is 6.00. The van der Waals surface area contributed by atoms with Crippen molar-refractivity contribution in [1.29, 1.82) is 0 Å². The Kier molecular flexibility index (Phi) is 2.88. The molecule has 0 radical (unpaired) electrons. The standard InChI is InChI=1S/C9H12ClNO2/c1-5-6(11)4-7(12-2)9(13-3)8(5)10/h4H,11H2,1-3H3. The number of anilines is 1. The zero-order chi connectivity index (χ0) is 10.0. The normalized spacial score (nSPS) is 9.85. The zero-order valence-electron chi connectivity index (χ0n) is 7.85. The van der Waals surface area contributed by atoms with Crippen molar-refractivity contribution in [3.8, 4) is 11.5 Å². The summed E-state index contributed by atoms with van der Waals surface area (Å²) in [5.74, 6) is 1.08. The summed E-state index contributed by atoms with van der Waals surface area (Å²) in [6.45, 7) is 1.83. The summed E-state index contributed by atoms with van der Waals surface area (Å²) in [4.78, 5) is 0. The minimum Gasteiger partial charge on any atom is -0.493 e. The second-order valence-electron chi connectivity index (χ2n) is 2.64. The van der Waals surface area contributed by atoms with Crippen LogP contribution in [0.4, 0.5) is 5.69 Å². The first-order valence-electron chi connectivity index (χ1n) is 3.78. The summed E-state index contributed by atoms with van der Waals surface area (Å²) in [6, 6.07) is 1.69. The van der Waals surface area contributed by atoms with Crippen LogP contribution in [0.1, 0.15) is 5.56 Å². The first kappa shape index (κ1) is 9.99. The number of rotatable bonds is 2. The first-order chi connectivity index (χ1) is 6.11. The van der Waals surface area contributed by atoms with Crippen LogP contribution in [0.25, 0.3) is 0 Å². The van der Waals surface area contributed by atoms with E-state index >= 15 is 0 Å². The predicted molar refractivity (Wildman–Crippen MR) is 53.7 cm³/mol. The highest BCUT2D eigenvalue weighted by atomic mass is 35.5. The van der Waals surface area contributed by atoms with E-state index in [4.69, 9.17) is 26.8 Å². The van der Waals surface area contributed by atoms with Crippen molar-refractivity contribution in [2.75, 3.05) is 20.0 Å². The molecule has 4 heteroatoms. The Morgan fingerprint density at radius 3 is 2.38 bits per heavy atom. The number of benzene rings is 1. The molecule has 0 heterocycles. The van der Waals surface area contributed by atoms with Crippen LogP contribution in [0, 0.1) is 6.92 Å². The Morgan fingerprint density at radius 2 is 1.92 bits per heavy atom. The van der Waals surface area contributed by atoms with Crippen molar-refractivity contribution in [2.45, 2.75) is 6.92 Å². The molecule has 0 aliphatic carbocycles. The number of hydrogen-bond acceptors (Lipinski definition) is 3. The van der Waals surface area contributed by atoms with E-state index in [9.17, 15) is 0 Å². The molecule has 0 saturated carbocycles. The molecule has 0 unspecified atom stereocenters. The lowest BCUT2D eigenvalue weighted by atomic mass is 10.2. The average molecular weight is 202 g/mol. The van der Waals surface area contributed by atoms with Crippen LogP contribution in [-0.4, -0.2) is 14.2 Å². The van der Waals surface area contributed by atoms with E-state index in [1.807, 2.05) is 6.92 Å². The highest BCUT2D eigenvalue weighted by Crippen LogP contribution is 2.39. The Balaban J connectivity index is 3.39. The summed E-state index contributed by atoms with van der Waals surface area (Å²) >= 11 is 6.00. The minimum absolute atomic E-state index is 0.499. The van der Waals surface area contributed by atoms with Gasteiger partial charge in [-0.3, -0.25) is 0 Å². The fraction of sp³-hybridized carbons (Fsp3) is 0.333. The van der Waals surface area contributed by atoms with E-state index in [0.29, 0.717) is 22.2 Å². The number of nitrogens with two attached hydrogens (primary N) is 1.